The van der Waals surface area contributed by atoms with Gasteiger partial charge in [-0.15, -0.1) is 0 Å². The summed E-state index contributed by atoms with van der Waals surface area (Å²) in [6.45, 7) is 1.96. The lowest BCUT2D eigenvalue weighted by molar-refractivity contribution is -0.0463. The first-order valence-electron chi connectivity index (χ1n) is 8.44. The van der Waals surface area contributed by atoms with Crippen molar-refractivity contribution in [2.75, 3.05) is 13.1 Å². The zero-order valence-electron chi connectivity index (χ0n) is 14.1. The van der Waals surface area contributed by atoms with Crippen LogP contribution in [0, 0.1) is 0 Å². The zero-order chi connectivity index (χ0) is 17.9. The summed E-state index contributed by atoms with van der Waals surface area (Å²) >= 11 is 0. The van der Waals surface area contributed by atoms with Crippen LogP contribution in [0.2, 0.25) is 0 Å². The standard InChI is InChI=1S/C17H30N2O5/c1-2-3-4-5-6-12-7-8-13(20)9-14(12)17(18-10-15(21)22)19-11-16(23)24/h7-9,15-24H,2-6,10-11H2,1H3. The lowest BCUT2D eigenvalue weighted by atomic mass is 9.98. The van der Waals surface area contributed by atoms with E-state index in [1.807, 2.05) is 6.07 Å². The molecular weight excluding hydrogens is 312 g/mol. The predicted octanol–water partition coefficient (Wildman–Crippen LogP) is 0.314. The molecule has 24 heavy (non-hydrogen) atoms. The number of nitrogens with one attached hydrogen (secondary N) is 2. The van der Waals surface area contributed by atoms with Crippen LogP contribution < -0.4 is 10.6 Å². The van der Waals surface area contributed by atoms with Crippen LogP contribution in [-0.4, -0.2) is 51.2 Å². The summed E-state index contributed by atoms with van der Waals surface area (Å²) in [4.78, 5) is 0. The highest BCUT2D eigenvalue weighted by Gasteiger charge is 2.17. The number of aliphatic hydroxyl groups is 4. The van der Waals surface area contributed by atoms with Gasteiger partial charge in [0.25, 0.3) is 0 Å². The molecule has 0 aliphatic heterocycles. The molecule has 0 aromatic heterocycles. The first kappa shape index (κ1) is 20.8. The van der Waals surface area contributed by atoms with Crippen molar-refractivity contribution < 1.29 is 25.5 Å². The third-order valence-corrected chi connectivity index (χ3v) is 3.75. The molecule has 0 bridgehead atoms. The van der Waals surface area contributed by atoms with E-state index in [0.717, 1.165) is 36.8 Å². The Morgan fingerprint density at radius 1 is 0.917 bits per heavy atom. The molecule has 138 valence electrons. The van der Waals surface area contributed by atoms with Crippen molar-refractivity contribution in [1.82, 2.24) is 10.6 Å². The van der Waals surface area contributed by atoms with Crippen molar-refractivity contribution in [3.63, 3.8) is 0 Å². The average Bonchev–Trinajstić information content (AvgIpc) is 2.52. The Balaban J connectivity index is 2.88. The fourth-order valence-corrected chi connectivity index (χ4v) is 2.56. The van der Waals surface area contributed by atoms with Gasteiger partial charge in [-0.2, -0.15) is 0 Å². The van der Waals surface area contributed by atoms with E-state index in [4.69, 9.17) is 20.4 Å². The molecule has 0 heterocycles. The van der Waals surface area contributed by atoms with Gasteiger partial charge in [-0.25, -0.2) is 0 Å². The van der Waals surface area contributed by atoms with Gasteiger partial charge in [0.05, 0.1) is 6.17 Å². The zero-order valence-corrected chi connectivity index (χ0v) is 14.1. The molecule has 1 aromatic carbocycles. The number of hydrogen-bond donors (Lipinski definition) is 7. The van der Waals surface area contributed by atoms with Crippen LogP contribution in [0.25, 0.3) is 0 Å². The Morgan fingerprint density at radius 3 is 2.08 bits per heavy atom. The van der Waals surface area contributed by atoms with Gasteiger partial charge >= 0.3 is 0 Å². The second-order valence-electron chi connectivity index (χ2n) is 5.90. The summed E-state index contributed by atoms with van der Waals surface area (Å²) in [6.07, 6.45) is 1.69. The molecule has 0 unspecified atom stereocenters. The smallest absolute Gasteiger partial charge is 0.164 e. The van der Waals surface area contributed by atoms with Gasteiger partial charge in [0.2, 0.25) is 0 Å². The molecule has 1 aromatic rings. The third-order valence-electron chi connectivity index (χ3n) is 3.75. The quantitative estimate of drug-likeness (QED) is 0.215. The highest BCUT2D eigenvalue weighted by Crippen LogP contribution is 2.24. The van der Waals surface area contributed by atoms with Crippen LogP contribution in [0.1, 0.15) is 49.9 Å². The van der Waals surface area contributed by atoms with Crippen molar-refractivity contribution in [2.24, 2.45) is 0 Å². The topological polar surface area (TPSA) is 125 Å². The first-order valence-corrected chi connectivity index (χ1v) is 8.44. The number of phenolic OH excluding ortho intramolecular Hbond substituents is 1. The molecule has 7 heteroatoms. The third kappa shape index (κ3) is 8.05. The summed E-state index contributed by atoms with van der Waals surface area (Å²) in [5.74, 6) is 0.102. The summed E-state index contributed by atoms with van der Waals surface area (Å²) in [5.41, 5.74) is 1.78. The van der Waals surface area contributed by atoms with Gasteiger partial charge in [-0.3, -0.25) is 10.6 Å². The maximum Gasteiger partial charge on any atom is 0.164 e. The van der Waals surface area contributed by atoms with Crippen molar-refractivity contribution in [3.05, 3.63) is 29.3 Å². The fourth-order valence-electron chi connectivity index (χ4n) is 2.56. The highest BCUT2D eigenvalue weighted by molar-refractivity contribution is 5.37. The van der Waals surface area contributed by atoms with Crippen LogP contribution in [0.4, 0.5) is 0 Å². The number of benzene rings is 1. The van der Waals surface area contributed by atoms with Crippen molar-refractivity contribution in [2.45, 2.75) is 57.8 Å². The van der Waals surface area contributed by atoms with Crippen molar-refractivity contribution in [1.29, 1.82) is 0 Å². The summed E-state index contributed by atoms with van der Waals surface area (Å²) in [7, 11) is 0. The molecule has 7 N–H and O–H groups in total. The summed E-state index contributed by atoms with van der Waals surface area (Å²) in [6, 6.07) is 5.07. The highest BCUT2D eigenvalue weighted by atomic mass is 16.5. The lowest BCUT2D eigenvalue weighted by Crippen LogP contribution is -2.41. The molecule has 0 spiro atoms. The molecule has 0 fully saturated rings. The molecule has 0 saturated carbocycles. The number of unbranched alkanes of at least 4 members (excludes halogenated alkanes) is 3. The van der Waals surface area contributed by atoms with E-state index >= 15 is 0 Å². The van der Waals surface area contributed by atoms with E-state index in [1.165, 1.54) is 6.42 Å². The average molecular weight is 342 g/mol. The van der Waals surface area contributed by atoms with Gasteiger partial charge in [0.1, 0.15) is 5.75 Å². The Kier molecular flexibility index (Phi) is 9.85. The minimum absolute atomic E-state index is 0.0931. The van der Waals surface area contributed by atoms with Gasteiger partial charge in [0.15, 0.2) is 12.6 Å². The van der Waals surface area contributed by atoms with Gasteiger partial charge in [-0.1, -0.05) is 32.3 Å². The van der Waals surface area contributed by atoms with E-state index in [0.29, 0.717) is 0 Å². The molecule has 7 nitrogen and oxygen atoms in total. The van der Waals surface area contributed by atoms with E-state index in [9.17, 15) is 5.11 Å². The molecule has 0 amide bonds. The second kappa shape index (κ2) is 11.4. The van der Waals surface area contributed by atoms with Gasteiger partial charge < -0.3 is 25.5 Å². The first-order chi connectivity index (χ1) is 11.4. The second-order valence-corrected chi connectivity index (χ2v) is 5.90. The molecule has 0 atom stereocenters. The normalized spacial score (nSPS) is 11.8. The Hall–Kier alpha value is -1.22. The van der Waals surface area contributed by atoms with Crippen LogP contribution in [-0.2, 0) is 6.42 Å². The van der Waals surface area contributed by atoms with E-state index in [-0.39, 0.29) is 18.8 Å². The molecule has 0 aliphatic carbocycles. The molecule has 0 aliphatic rings. The van der Waals surface area contributed by atoms with Gasteiger partial charge in [-0.05, 0) is 36.1 Å². The van der Waals surface area contributed by atoms with E-state index in [1.54, 1.807) is 12.1 Å². The van der Waals surface area contributed by atoms with E-state index in [2.05, 4.69) is 17.6 Å². The Labute approximate surface area is 143 Å². The largest absolute Gasteiger partial charge is 0.508 e. The van der Waals surface area contributed by atoms with Crippen molar-refractivity contribution in [3.8, 4) is 5.75 Å². The molecule has 0 radical (unpaired) electrons. The number of aromatic hydroxyl groups is 1. The molecular formula is C17H30N2O5. The number of phenols is 1. The molecule has 0 saturated heterocycles. The van der Waals surface area contributed by atoms with Crippen LogP contribution in [0.5, 0.6) is 5.75 Å². The summed E-state index contributed by atoms with van der Waals surface area (Å²) < 4.78 is 0. The van der Waals surface area contributed by atoms with Crippen molar-refractivity contribution >= 4 is 0 Å². The number of rotatable bonds is 12. The fraction of sp³-hybridized carbons (Fsp3) is 0.647. The number of aliphatic hydroxyl groups excluding tert-OH is 2. The maximum atomic E-state index is 9.80. The SMILES string of the molecule is CCCCCCc1ccc(O)cc1C(NCC(O)O)NCC(O)O. The van der Waals surface area contributed by atoms with Crippen LogP contribution in [0.15, 0.2) is 18.2 Å². The monoisotopic (exact) mass is 342 g/mol. The summed E-state index contributed by atoms with van der Waals surface area (Å²) in [5, 5.41) is 51.9. The van der Waals surface area contributed by atoms with Crippen LogP contribution in [0.3, 0.4) is 0 Å². The number of hydrogen-bond acceptors (Lipinski definition) is 7. The van der Waals surface area contributed by atoms with E-state index < -0.39 is 18.7 Å². The minimum Gasteiger partial charge on any atom is -0.508 e. The Bertz CT molecular complexity index is 456. The lowest BCUT2D eigenvalue weighted by Gasteiger charge is -2.24. The van der Waals surface area contributed by atoms with Gasteiger partial charge in [0, 0.05) is 13.1 Å². The predicted molar refractivity (Wildman–Crippen MR) is 91.2 cm³/mol. The van der Waals surface area contributed by atoms with Crippen LogP contribution >= 0.6 is 0 Å². The molecule has 1 rings (SSSR count). The Morgan fingerprint density at radius 2 is 1.54 bits per heavy atom. The maximum absolute atomic E-state index is 9.80. The number of aryl methyl sites for hydroxylation is 1. The minimum atomic E-state index is -1.53.